The van der Waals surface area contributed by atoms with Crippen molar-refractivity contribution in [1.82, 2.24) is 19.6 Å². The Morgan fingerprint density at radius 1 is 1.37 bits per heavy atom. The predicted molar refractivity (Wildman–Crippen MR) is 68.5 cm³/mol. The number of nitrogens with one attached hydrogen (secondary N) is 3. The van der Waals surface area contributed by atoms with Gasteiger partial charge >= 0.3 is 5.69 Å². The zero-order valence-electron chi connectivity index (χ0n) is 10.5. The summed E-state index contributed by atoms with van der Waals surface area (Å²) in [4.78, 5) is 26.3. The van der Waals surface area contributed by atoms with E-state index in [-0.39, 0.29) is 6.04 Å². The van der Waals surface area contributed by atoms with Gasteiger partial charge in [-0.1, -0.05) is 6.92 Å². The molecule has 1 aromatic rings. The fourth-order valence-electron chi connectivity index (χ4n) is 1.91. The van der Waals surface area contributed by atoms with Gasteiger partial charge < -0.3 is 10.3 Å². The lowest BCUT2D eigenvalue weighted by atomic mass is 10.2. The molecule has 0 amide bonds. The van der Waals surface area contributed by atoms with Crippen LogP contribution in [0.15, 0.2) is 20.7 Å². The Morgan fingerprint density at radius 2 is 2.05 bits per heavy atom. The fraction of sp³-hybridized carbons (Fsp3) is 0.600. The Kier molecular flexibility index (Phi) is 3.88. The second-order valence-electron chi connectivity index (χ2n) is 4.36. The Labute approximate surface area is 109 Å². The Morgan fingerprint density at radius 3 is 2.53 bits per heavy atom. The van der Waals surface area contributed by atoms with Crippen LogP contribution in [0.2, 0.25) is 0 Å². The molecule has 0 saturated carbocycles. The molecule has 0 bridgehead atoms. The smallest absolute Gasteiger partial charge is 0.313 e. The number of rotatable bonds is 5. The van der Waals surface area contributed by atoms with Crippen molar-refractivity contribution in [2.24, 2.45) is 0 Å². The summed E-state index contributed by atoms with van der Waals surface area (Å²) >= 11 is 0. The van der Waals surface area contributed by atoms with Gasteiger partial charge in [0, 0.05) is 25.8 Å². The maximum absolute atomic E-state index is 12.4. The van der Waals surface area contributed by atoms with Crippen LogP contribution in [0, 0.1) is 0 Å². The number of aromatic nitrogens is 2. The molecule has 1 saturated heterocycles. The van der Waals surface area contributed by atoms with Crippen LogP contribution in [0.3, 0.4) is 0 Å². The highest BCUT2D eigenvalue weighted by molar-refractivity contribution is 7.89. The van der Waals surface area contributed by atoms with Crippen LogP contribution in [-0.2, 0) is 10.0 Å². The maximum Gasteiger partial charge on any atom is 0.325 e. The van der Waals surface area contributed by atoms with Crippen LogP contribution in [0.5, 0.6) is 0 Å². The molecule has 0 aromatic carbocycles. The first-order valence-electron chi connectivity index (χ1n) is 6.01. The van der Waals surface area contributed by atoms with E-state index in [1.165, 1.54) is 4.31 Å². The molecule has 0 aliphatic carbocycles. The maximum atomic E-state index is 12.4. The zero-order chi connectivity index (χ0) is 14.0. The first kappa shape index (κ1) is 14.0. The van der Waals surface area contributed by atoms with Crippen LogP contribution >= 0.6 is 0 Å². The van der Waals surface area contributed by atoms with Crippen molar-refractivity contribution < 1.29 is 8.42 Å². The molecule has 9 heteroatoms. The monoisotopic (exact) mass is 288 g/mol. The summed E-state index contributed by atoms with van der Waals surface area (Å²) in [5, 5.41) is 3.00. The first-order valence-corrected chi connectivity index (χ1v) is 7.45. The van der Waals surface area contributed by atoms with Crippen molar-refractivity contribution in [1.29, 1.82) is 0 Å². The van der Waals surface area contributed by atoms with E-state index in [1.807, 2.05) is 11.9 Å². The molecule has 0 spiro atoms. The van der Waals surface area contributed by atoms with Crippen molar-refractivity contribution in [2.75, 3.05) is 19.6 Å². The van der Waals surface area contributed by atoms with Crippen LogP contribution < -0.4 is 16.6 Å². The van der Waals surface area contributed by atoms with E-state index in [2.05, 4.69) is 10.3 Å². The third-order valence-corrected chi connectivity index (χ3v) is 4.94. The predicted octanol–water partition coefficient (Wildman–Crippen LogP) is -1.56. The van der Waals surface area contributed by atoms with Crippen molar-refractivity contribution in [3.8, 4) is 0 Å². The average molecular weight is 288 g/mol. The number of hydrogen-bond donors (Lipinski definition) is 3. The molecule has 106 valence electrons. The molecule has 0 atom stereocenters. The third kappa shape index (κ3) is 2.62. The Bertz CT molecular complexity index is 659. The normalized spacial score (nSPS) is 16.5. The summed E-state index contributed by atoms with van der Waals surface area (Å²) in [6.45, 7) is 3.35. The topological polar surface area (TPSA) is 115 Å². The minimum absolute atomic E-state index is 0.142. The summed E-state index contributed by atoms with van der Waals surface area (Å²) in [5.74, 6) is 0. The molecule has 19 heavy (non-hydrogen) atoms. The molecule has 0 radical (unpaired) electrons. The molecule has 1 fully saturated rings. The first-order chi connectivity index (χ1) is 8.96. The van der Waals surface area contributed by atoms with Gasteiger partial charge in [-0.3, -0.25) is 9.78 Å². The van der Waals surface area contributed by atoms with Crippen molar-refractivity contribution in [3.05, 3.63) is 27.0 Å². The van der Waals surface area contributed by atoms with Crippen LogP contribution in [0.25, 0.3) is 0 Å². The quantitative estimate of drug-likeness (QED) is 0.606. The molecular weight excluding hydrogens is 272 g/mol. The van der Waals surface area contributed by atoms with Crippen LogP contribution in [0.1, 0.15) is 13.3 Å². The van der Waals surface area contributed by atoms with Gasteiger partial charge in [-0.15, -0.1) is 0 Å². The average Bonchev–Trinajstić information content (AvgIpc) is 2.25. The number of sulfonamides is 1. The highest BCUT2D eigenvalue weighted by Crippen LogP contribution is 2.16. The van der Waals surface area contributed by atoms with E-state index >= 15 is 0 Å². The summed E-state index contributed by atoms with van der Waals surface area (Å²) in [5.41, 5.74) is -1.62. The minimum atomic E-state index is -3.89. The largest absolute Gasteiger partial charge is 0.325 e. The van der Waals surface area contributed by atoms with Gasteiger partial charge in [-0.05, 0) is 6.42 Å². The summed E-state index contributed by atoms with van der Waals surface area (Å²) in [6.07, 6.45) is 1.60. The molecule has 0 unspecified atom stereocenters. The van der Waals surface area contributed by atoms with Crippen molar-refractivity contribution >= 4 is 10.0 Å². The number of H-pyrrole nitrogens is 2. The van der Waals surface area contributed by atoms with E-state index in [0.29, 0.717) is 26.1 Å². The zero-order valence-corrected chi connectivity index (χ0v) is 11.3. The lowest BCUT2D eigenvalue weighted by Crippen LogP contribution is -2.59. The number of aromatic amines is 2. The van der Waals surface area contributed by atoms with Crippen molar-refractivity contribution in [2.45, 2.75) is 24.3 Å². The molecule has 8 nitrogen and oxygen atoms in total. The van der Waals surface area contributed by atoms with E-state index < -0.39 is 26.2 Å². The highest BCUT2D eigenvalue weighted by Gasteiger charge is 2.35. The van der Waals surface area contributed by atoms with Crippen molar-refractivity contribution in [3.63, 3.8) is 0 Å². The lowest BCUT2D eigenvalue weighted by Gasteiger charge is -2.36. The third-order valence-electron chi connectivity index (χ3n) is 2.98. The second-order valence-corrected chi connectivity index (χ2v) is 6.22. The van der Waals surface area contributed by atoms with Gasteiger partial charge in [0.2, 0.25) is 10.0 Å². The van der Waals surface area contributed by atoms with Gasteiger partial charge in [0.15, 0.2) is 4.90 Å². The van der Waals surface area contributed by atoms with Gasteiger partial charge in [0.1, 0.15) is 0 Å². The van der Waals surface area contributed by atoms with Crippen LogP contribution in [-0.4, -0.2) is 48.4 Å². The molecule has 2 rings (SSSR count). The summed E-state index contributed by atoms with van der Waals surface area (Å²) < 4.78 is 26.2. The van der Waals surface area contributed by atoms with E-state index in [0.717, 1.165) is 6.20 Å². The Hall–Kier alpha value is -1.45. The molecule has 1 aliphatic heterocycles. The van der Waals surface area contributed by atoms with Gasteiger partial charge in [-0.25, -0.2) is 13.2 Å². The second kappa shape index (κ2) is 5.27. The molecule has 3 N–H and O–H groups in total. The minimum Gasteiger partial charge on any atom is -0.313 e. The fourth-order valence-corrected chi connectivity index (χ4v) is 3.62. The van der Waals surface area contributed by atoms with E-state index in [9.17, 15) is 18.0 Å². The van der Waals surface area contributed by atoms with Gasteiger partial charge in [-0.2, -0.15) is 4.31 Å². The molecule has 1 aliphatic rings. The number of hydrogen-bond acceptors (Lipinski definition) is 5. The number of nitrogens with zero attached hydrogens (tertiary/aromatic N) is 1. The molecule has 2 heterocycles. The van der Waals surface area contributed by atoms with Gasteiger partial charge in [0.25, 0.3) is 5.56 Å². The molecule has 1 aromatic heterocycles. The Balaban J connectivity index is 2.44. The highest BCUT2D eigenvalue weighted by atomic mass is 32.2. The SMILES string of the molecule is CCCN(C1CNC1)S(=O)(=O)c1c[nH]c(=O)[nH]c1=O. The summed E-state index contributed by atoms with van der Waals surface area (Å²) in [7, 11) is -3.89. The van der Waals surface area contributed by atoms with Crippen LogP contribution in [0.4, 0.5) is 0 Å². The lowest BCUT2D eigenvalue weighted by molar-refractivity contribution is 0.241. The van der Waals surface area contributed by atoms with E-state index in [4.69, 9.17) is 0 Å². The van der Waals surface area contributed by atoms with E-state index in [1.54, 1.807) is 0 Å². The summed E-state index contributed by atoms with van der Waals surface area (Å²) in [6, 6.07) is -0.142. The molecular formula is C10H16N4O4S. The van der Waals surface area contributed by atoms with Gasteiger partial charge in [0.05, 0.1) is 6.04 Å². The standard InChI is InChI=1S/C10H16N4O4S/c1-2-3-14(7-4-11-5-7)19(17,18)8-6-12-10(16)13-9(8)15/h6-7,11H,2-5H2,1H3,(H2,12,13,15,16).